The van der Waals surface area contributed by atoms with Gasteiger partial charge in [-0.2, -0.15) is 0 Å². The van der Waals surface area contributed by atoms with Gasteiger partial charge in [-0.25, -0.2) is 0 Å². The van der Waals surface area contributed by atoms with Crippen LogP contribution < -0.4 is 42.5 Å². The summed E-state index contributed by atoms with van der Waals surface area (Å²) in [4.78, 5) is 31.5. The second kappa shape index (κ2) is 46.2. The van der Waals surface area contributed by atoms with E-state index in [-0.39, 0.29) is 38.5 Å². The molecule has 11 aromatic rings. The lowest BCUT2D eigenvalue weighted by Gasteiger charge is -2.43. The average Bonchev–Trinajstić information content (AvgIpc) is 1.36. The molecule has 7 aliphatic carbocycles. The predicted octanol–water partition coefficient (Wildman–Crippen LogP) is 29.2. The molecule has 0 amide bonds. The van der Waals surface area contributed by atoms with Crippen molar-refractivity contribution in [2.75, 3.05) is 97.6 Å². The average molecular weight is 2000 g/mol. The van der Waals surface area contributed by atoms with Crippen LogP contribution in [0.25, 0.3) is 5.57 Å². The normalized spacial score (nSPS) is 24.3. The zero-order valence-electron chi connectivity index (χ0n) is 89.1. The lowest BCUT2D eigenvalue weighted by atomic mass is 9.67. The Hall–Kier alpha value is -12.2. The molecular weight excluding hydrogens is 1840 g/mol. The standard InChI is InChI=1S/C24H27N3.C23H26N2O.C23H26N2.C22H25N3.C22H24N2O.C20H30N2/c1-3-7-21-18(5-1)9-10-19(21)11-14-26-23-24(12-15-25-16-13-24)17-20-6-2-4-8-22(20)27-23;1-3-9-19-17(6-1)8-5-11-21(19)25-22-23(12-14-26-15-13-23)16-18-7-2-4-10-20(18)24-22;1-6-14-23(15-7-1)16-18-9-3-5-11-20(18)24-22(23)25-21-13-12-17-8-2-4-10-19(17)21;1-3-7-18-16(5-1)9-10-20(18)25-21-22(11-13-23-14-12-22)15-17-6-2-4-8-19(17)24-21;1-3-7-18-16(5-1)9-10-20(18)24-21-22(11-13-25-14-12-22)15-17-6-2-4-8-19(17)23-21;1-16(2)11-14-21-19-20(12-7-3-4-8-13-20)15-17-9-5-6-10-18(17)22-19/h1-8,10,25H,9,11-17H2,(H,26,27);1-4,6-7,9-10,21H,5,8,11-16H2,(H,24,25);2-5,8-11,21H,1,6-7,12-16H2,(H,24,25);1-8,20,23H,9-15H2,(H,24,25);1-8,20H,9-15H2,(H,23,24);5-6,9-10,16H,3-4,7-8,11-15H2,1-2H3,(H,21,22). The zero-order valence-corrected chi connectivity index (χ0v) is 89.1. The van der Waals surface area contributed by atoms with Crippen LogP contribution in [-0.2, 0) is 80.1 Å². The maximum Gasteiger partial charge on any atom is 0.108 e. The van der Waals surface area contributed by atoms with Gasteiger partial charge in [0.2, 0.25) is 0 Å². The first-order valence-electron chi connectivity index (χ1n) is 58.1. The largest absolute Gasteiger partial charge is 0.381 e. The number of fused-ring (bicyclic) bond motifs is 11. The monoisotopic (exact) mass is 2000 g/mol. The zero-order chi connectivity index (χ0) is 101. The van der Waals surface area contributed by atoms with Crippen molar-refractivity contribution in [2.24, 2.45) is 68.4 Å². The molecule has 4 atom stereocenters. The van der Waals surface area contributed by atoms with E-state index >= 15 is 0 Å². The summed E-state index contributed by atoms with van der Waals surface area (Å²) >= 11 is 0. The summed E-state index contributed by atoms with van der Waals surface area (Å²) in [6.45, 7) is 14.1. The highest BCUT2D eigenvalue weighted by Gasteiger charge is 2.49. The maximum atomic E-state index is 5.70. The van der Waals surface area contributed by atoms with Gasteiger partial charge < -0.3 is 52.0 Å². The van der Waals surface area contributed by atoms with E-state index in [1.165, 1.54) is 292 Å². The van der Waals surface area contributed by atoms with E-state index in [1.807, 2.05) is 0 Å². The fourth-order valence-corrected chi connectivity index (χ4v) is 28.4. The van der Waals surface area contributed by atoms with Crippen LogP contribution in [0, 0.1) is 38.4 Å². The number of hydrogen-bond acceptors (Lipinski definition) is 10. The van der Waals surface area contributed by atoms with Gasteiger partial charge in [-0.15, -0.1) is 0 Å². The van der Waals surface area contributed by atoms with E-state index in [0.717, 1.165) is 181 Å². The number of aryl methyl sites for hydroxylation is 4. The van der Waals surface area contributed by atoms with Gasteiger partial charge in [0.1, 0.15) is 35.0 Å². The first-order chi connectivity index (χ1) is 73.9. The molecule has 150 heavy (non-hydrogen) atoms. The van der Waals surface area contributed by atoms with Gasteiger partial charge in [-0.3, -0.25) is 30.0 Å². The Bertz CT molecular complexity index is 6460. The number of nitrogens with zero attached hydrogens (tertiary/aromatic N) is 6. The molecule has 10 aliphatic heterocycles. The number of aliphatic imine (C=N–C) groups is 6. The number of amidine groups is 6. The Kier molecular flexibility index (Phi) is 31.1. The SMILES string of the molecule is C1=C(CCN=C2Nc3ccccc3CC23CCNCC3)c2ccccc2C1.CC(C)CCN=C1Nc2ccccc2CC12CCCCCC2.c1ccc2c(c1)CC1(CCCCC1)C(=NC1CCc3ccccc31)N2.c1ccc2c(c1)CC1(CCNCC1)C(=NC1CCc3ccccc31)N2.c1ccc2c(c1)CC1(CCOCC1)C(=NC1CCCc3ccccc31)N2.c1ccc2c(c1)CC1(CCOCC1)C(=NC1CCc3ccccc31)N2. The van der Waals surface area contributed by atoms with Crippen LogP contribution in [0.15, 0.2) is 303 Å². The van der Waals surface area contributed by atoms with E-state index in [1.54, 1.807) is 0 Å². The Morgan fingerprint density at radius 3 is 0.900 bits per heavy atom. The molecule has 0 aromatic heterocycles. The van der Waals surface area contributed by atoms with Gasteiger partial charge in [0.05, 0.1) is 24.2 Å². The molecule has 6 fully saturated rings. The molecule has 17 aliphatic rings. The number of ether oxygens (including phenoxy) is 2. The fourth-order valence-electron chi connectivity index (χ4n) is 28.4. The van der Waals surface area contributed by atoms with Gasteiger partial charge >= 0.3 is 0 Å². The molecule has 8 N–H and O–H groups in total. The molecule has 2 saturated carbocycles. The predicted molar refractivity (Wildman–Crippen MR) is 623 cm³/mol. The van der Waals surface area contributed by atoms with Crippen molar-refractivity contribution < 1.29 is 9.47 Å². The van der Waals surface area contributed by atoms with Crippen molar-refractivity contribution in [2.45, 2.75) is 276 Å². The van der Waals surface area contributed by atoms with Crippen molar-refractivity contribution in [3.63, 3.8) is 0 Å². The molecule has 6 spiro atoms. The molecule has 11 aromatic carbocycles. The Morgan fingerprint density at radius 1 is 0.267 bits per heavy atom. The number of nitrogens with one attached hydrogen (secondary N) is 8. The molecule has 10 heterocycles. The van der Waals surface area contributed by atoms with E-state index in [2.05, 4.69) is 329 Å². The van der Waals surface area contributed by atoms with Crippen LogP contribution in [0.4, 0.5) is 34.1 Å². The number of rotatable bonds is 10. The molecule has 776 valence electrons. The summed E-state index contributed by atoms with van der Waals surface area (Å²) < 4.78 is 11.4. The summed E-state index contributed by atoms with van der Waals surface area (Å²) in [5.41, 5.74) is 33.2. The van der Waals surface area contributed by atoms with Crippen molar-refractivity contribution in [1.82, 2.24) is 10.6 Å². The molecule has 0 bridgehead atoms. The Morgan fingerprint density at radius 2 is 0.540 bits per heavy atom. The molecule has 28 rings (SSSR count). The maximum absolute atomic E-state index is 5.70. The van der Waals surface area contributed by atoms with Crippen LogP contribution >= 0.6 is 0 Å². The number of hydrogen-bond donors (Lipinski definition) is 8. The summed E-state index contributed by atoms with van der Waals surface area (Å²) in [7, 11) is 0. The highest BCUT2D eigenvalue weighted by Crippen LogP contribution is 2.53. The molecule has 16 nitrogen and oxygen atoms in total. The second-order valence-electron chi connectivity index (χ2n) is 46.9. The van der Waals surface area contributed by atoms with Crippen LogP contribution in [0.2, 0.25) is 0 Å². The number of anilines is 6. The van der Waals surface area contributed by atoms with Crippen molar-refractivity contribution in [3.8, 4) is 0 Å². The van der Waals surface area contributed by atoms with Gasteiger partial charge in [-0.05, 0) is 356 Å². The van der Waals surface area contributed by atoms with Gasteiger partial charge in [0.25, 0.3) is 0 Å². The summed E-state index contributed by atoms with van der Waals surface area (Å²) in [6, 6.07) is 97.8. The molecule has 4 unspecified atom stereocenters. The van der Waals surface area contributed by atoms with Gasteiger partial charge in [-0.1, -0.05) is 295 Å². The first kappa shape index (κ1) is 101. The highest BCUT2D eigenvalue weighted by atomic mass is 16.5. The number of benzene rings is 11. The van der Waals surface area contributed by atoms with Crippen LogP contribution in [0.5, 0.6) is 0 Å². The van der Waals surface area contributed by atoms with Gasteiger partial charge in [0.15, 0.2) is 0 Å². The summed E-state index contributed by atoms with van der Waals surface area (Å²) in [6.07, 6.45) is 46.4. The van der Waals surface area contributed by atoms with Crippen molar-refractivity contribution >= 4 is 74.7 Å². The summed E-state index contributed by atoms with van der Waals surface area (Å²) in [5, 5.41) is 29.4. The van der Waals surface area contributed by atoms with E-state index in [0.29, 0.717) is 18.1 Å². The highest BCUT2D eigenvalue weighted by molar-refractivity contribution is 6.07. The number of piperidine rings is 2. The second-order valence-corrected chi connectivity index (χ2v) is 46.9. The van der Waals surface area contributed by atoms with Crippen LogP contribution in [0.1, 0.15) is 294 Å². The summed E-state index contributed by atoms with van der Waals surface area (Å²) in [5.74, 6) is 8.12. The third-order valence-electron chi connectivity index (χ3n) is 37.0. The van der Waals surface area contributed by atoms with Crippen LogP contribution in [-0.4, -0.2) is 101 Å². The number of para-hydroxylation sites is 6. The van der Waals surface area contributed by atoms with Crippen LogP contribution in [0.3, 0.4) is 0 Å². The van der Waals surface area contributed by atoms with Crippen molar-refractivity contribution in [1.29, 1.82) is 0 Å². The minimum absolute atomic E-state index is 0.110. The number of allylic oxidation sites excluding steroid dienone is 1. The Balaban J connectivity index is 0.0000000987. The first-order valence-corrected chi connectivity index (χ1v) is 58.1. The van der Waals surface area contributed by atoms with E-state index < -0.39 is 0 Å². The Labute approximate surface area is 892 Å². The molecular formula is C134H158N14O2. The topological polar surface area (TPSA) is 189 Å². The fraction of sp³-hybridized carbons (Fsp3) is 0.448. The molecule has 16 heteroatoms. The van der Waals surface area contributed by atoms with E-state index in [9.17, 15) is 0 Å². The lowest BCUT2D eigenvalue weighted by molar-refractivity contribution is 0.0446. The third-order valence-corrected chi connectivity index (χ3v) is 37.0. The van der Waals surface area contributed by atoms with Crippen molar-refractivity contribution in [3.05, 3.63) is 362 Å². The smallest absolute Gasteiger partial charge is 0.108 e. The van der Waals surface area contributed by atoms with E-state index in [4.69, 9.17) is 39.4 Å². The molecule has 4 saturated heterocycles. The quantitative estimate of drug-likeness (QED) is 0.0654. The molecule has 0 radical (unpaired) electrons. The minimum atomic E-state index is 0.110. The minimum Gasteiger partial charge on any atom is -0.381 e. The third kappa shape index (κ3) is 22.2. The van der Waals surface area contributed by atoms with Gasteiger partial charge in [0, 0.05) is 106 Å². The lowest BCUT2D eigenvalue weighted by Crippen LogP contribution is -2.48.